The lowest BCUT2D eigenvalue weighted by atomic mass is 10.1. The Morgan fingerprint density at radius 2 is 1.46 bits per heavy atom. The normalized spacial score (nSPS) is 10.4. The number of carbonyl (C=O) groups excluding carboxylic acids is 2. The summed E-state index contributed by atoms with van der Waals surface area (Å²) in [5, 5.41) is 0. The van der Waals surface area contributed by atoms with Crippen molar-refractivity contribution in [1.29, 1.82) is 0 Å². The Morgan fingerprint density at radius 1 is 0.857 bits per heavy atom. The van der Waals surface area contributed by atoms with Gasteiger partial charge in [-0.15, -0.1) is 0 Å². The molecule has 2 aromatic carbocycles. The van der Waals surface area contributed by atoms with Gasteiger partial charge in [-0.1, -0.05) is 12.1 Å². The Morgan fingerprint density at radius 3 is 2.04 bits per heavy atom. The van der Waals surface area contributed by atoms with E-state index in [1.165, 1.54) is 34.5 Å². The molecule has 0 N–H and O–H groups in total. The van der Waals surface area contributed by atoms with Crippen molar-refractivity contribution in [2.75, 3.05) is 28.4 Å². The van der Waals surface area contributed by atoms with Crippen molar-refractivity contribution in [2.24, 2.45) is 0 Å². The predicted molar refractivity (Wildman–Crippen MR) is 103 cm³/mol. The van der Waals surface area contributed by atoms with E-state index in [2.05, 4.69) is 4.74 Å². The molecule has 148 valence electrons. The second-order valence-electron chi connectivity index (χ2n) is 5.58. The van der Waals surface area contributed by atoms with Gasteiger partial charge in [-0.25, -0.2) is 9.59 Å². The fourth-order valence-corrected chi connectivity index (χ4v) is 2.40. The molecular formula is C21H22O7. The molecule has 0 aliphatic heterocycles. The summed E-state index contributed by atoms with van der Waals surface area (Å²) in [5.41, 5.74) is 1.82. The number of methoxy groups -OCH3 is 4. The molecule has 0 aromatic heterocycles. The van der Waals surface area contributed by atoms with Gasteiger partial charge in [0.25, 0.3) is 0 Å². The van der Waals surface area contributed by atoms with E-state index < -0.39 is 11.9 Å². The molecule has 0 saturated heterocycles. The van der Waals surface area contributed by atoms with Crippen LogP contribution >= 0.6 is 0 Å². The number of esters is 2. The molecule has 0 bridgehead atoms. The third kappa shape index (κ3) is 5.26. The molecule has 0 spiro atoms. The van der Waals surface area contributed by atoms with Gasteiger partial charge in [0.1, 0.15) is 12.4 Å². The van der Waals surface area contributed by atoms with Gasteiger partial charge in [0.2, 0.25) is 0 Å². The fraction of sp³-hybridized carbons (Fsp3) is 0.238. The third-order valence-electron chi connectivity index (χ3n) is 3.89. The van der Waals surface area contributed by atoms with Crippen LogP contribution in [0.5, 0.6) is 17.2 Å². The summed E-state index contributed by atoms with van der Waals surface area (Å²) >= 11 is 0. The highest BCUT2D eigenvalue weighted by atomic mass is 16.5. The Bertz CT molecular complexity index is 854. The lowest BCUT2D eigenvalue weighted by Gasteiger charge is -2.12. The summed E-state index contributed by atoms with van der Waals surface area (Å²) in [6.45, 7) is 0.0771. The first kappa shape index (κ1) is 20.8. The highest BCUT2D eigenvalue weighted by molar-refractivity contribution is 5.89. The van der Waals surface area contributed by atoms with Crippen LogP contribution < -0.4 is 14.2 Å². The first-order chi connectivity index (χ1) is 13.5. The van der Waals surface area contributed by atoms with E-state index in [9.17, 15) is 9.59 Å². The maximum Gasteiger partial charge on any atom is 0.337 e. The first-order valence-electron chi connectivity index (χ1n) is 8.34. The van der Waals surface area contributed by atoms with Crippen molar-refractivity contribution in [2.45, 2.75) is 6.61 Å². The van der Waals surface area contributed by atoms with Gasteiger partial charge in [-0.2, -0.15) is 0 Å². The minimum absolute atomic E-state index is 0.0771. The summed E-state index contributed by atoms with van der Waals surface area (Å²) in [6, 6.07) is 9.99. The van der Waals surface area contributed by atoms with Crippen LogP contribution in [0.4, 0.5) is 0 Å². The van der Waals surface area contributed by atoms with Gasteiger partial charge in [0.05, 0.1) is 34.0 Å². The van der Waals surface area contributed by atoms with E-state index in [1.807, 2.05) is 0 Å². The molecule has 0 fully saturated rings. The third-order valence-corrected chi connectivity index (χ3v) is 3.89. The zero-order valence-corrected chi connectivity index (χ0v) is 16.2. The Labute approximate surface area is 163 Å². The van der Waals surface area contributed by atoms with Crippen LogP contribution in [-0.2, 0) is 20.9 Å². The smallest absolute Gasteiger partial charge is 0.337 e. The molecular weight excluding hydrogens is 364 g/mol. The van der Waals surface area contributed by atoms with E-state index in [4.69, 9.17) is 18.9 Å². The SMILES string of the molecule is COC(=O)c1ccc(COC(=O)/C=C/c2cc(OC)c(OC)cc2OC)cc1. The summed E-state index contributed by atoms with van der Waals surface area (Å²) in [4.78, 5) is 23.4. The molecule has 7 nitrogen and oxygen atoms in total. The Kier molecular flexibility index (Phi) is 7.45. The van der Waals surface area contributed by atoms with Crippen LogP contribution in [0.1, 0.15) is 21.5 Å². The van der Waals surface area contributed by atoms with E-state index in [0.29, 0.717) is 28.4 Å². The molecule has 7 heteroatoms. The van der Waals surface area contributed by atoms with Crippen molar-refractivity contribution in [3.05, 3.63) is 59.2 Å². The maximum absolute atomic E-state index is 12.0. The zero-order valence-electron chi connectivity index (χ0n) is 16.2. The molecule has 0 atom stereocenters. The van der Waals surface area contributed by atoms with Crippen molar-refractivity contribution in [3.8, 4) is 17.2 Å². The Balaban J connectivity index is 2.02. The van der Waals surface area contributed by atoms with Crippen LogP contribution in [0.3, 0.4) is 0 Å². The largest absolute Gasteiger partial charge is 0.496 e. The number of rotatable bonds is 8. The van der Waals surface area contributed by atoms with Crippen molar-refractivity contribution in [3.63, 3.8) is 0 Å². The second kappa shape index (κ2) is 10.0. The number of ether oxygens (including phenoxy) is 5. The minimum atomic E-state index is -0.520. The summed E-state index contributed by atoms with van der Waals surface area (Å²) < 4.78 is 25.6. The van der Waals surface area contributed by atoms with Gasteiger partial charge in [-0.05, 0) is 29.8 Å². The molecule has 2 aromatic rings. The summed E-state index contributed by atoms with van der Waals surface area (Å²) in [7, 11) is 5.89. The highest BCUT2D eigenvalue weighted by Crippen LogP contribution is 2.35. The van der Waals surface area contributed by atoms with Crippen molar-refractivity contribution >= 4 is 18.0 Å². The topological polar surface area (TPSA) is 80.3 Å². The Hall–Kier alpha value is -3.48. The lowest BCUT2D eigenvalue weighted by molar-refractivity contribution is -0.138. The molecule has 28 heavy (non-hydrogen) atoms. The van der Waals surface area contributed by atoms with Crippen LogP contribution in [-0.4, -0.2) is 40.4 Å². The molecule has 0 aliphatic rings. The number of carbonyl (C=O) groups is 2. The summed E-state index contributed by atoms with van der Waals surface area (Å²) in [5.74, 6) is 0.626. The highest BCUT2D eigenvalue weighted by Gasteiger charge is 2.11. The van der Waals surface area contributed by atoms with Gasteiger partial charge in [0, 0.05) is 17.7 Å². The maximum atomic E-state index is 12.0. The average molecular weight is 386 g/mol. The fourth-order valence-electron chi connectivity index (χ4n) is 2.40. The first-order valence-corrected chi connectivity index (χ1v) is 8.34. The number of benzene rings is 2. The molecule has 2 rings (SSSR count). The van der Waals surface area contributed by atoms with Gasteiger partial charge >= 0.3 is 11.9 Å². The van der Waals surface area contributed by atoms with Crippen LogP contribution in [0.15, 0.2) is 42.5 Å². The van der Waals surface area contributed by atoms with Crippen molar-refractivity contribution < 1.29 is 33.3 Å². The van der Waals surface area contributed by atoms with Crippen molar-refractivity contribution in [1.82, 2.24) is 0 Å². The van der Waals surface area contributed by atoms with E-state index in [1.54, 1.807) is 42.5 Å². The van der Waals surface area contributed by atoms with Crippen LogP contribution in [0, 0.1) is 0 Å². The predicted octanol–water partition coefficient (Wildman–Crippen LogP) is 3.26. The second-order valence-corrected chi connectivity index (χ2v) is 5.58. The molecule has 0 saturated carbocycles. The molecule has 0 radical (unpaired) electrons. The minimum Gasteiger partial charge on any atom is -0.496 e. The standard InChI is InChI=1S/C21H22O7/c1-24-17-12-19(26-3)18(25-2)11-16(17)9-10-20(22)28-13-14-5-7-15(8-6-14)21(23)27-4/h5-12H,13H2,1-4H3/b10-9+. The average Bonchev–Trinajstić information content (AvgIpc) is 2.75. The number of hydrogen-bond acceptors (Lipinski definition) is 7. The number of hydrogen-bond donors (Lipinski definition) is 0. The van der Waals surface area contributed by atoms with Crippen LogP contribution in [0.2, 0.25) is 0 Å². The molecule has 0 unspecified atom stereocenters. The molecule has 0 aliphatic carbocycles. The zero-order chi connectivity index (χ0) is 20.5. The van der Waals surface area contributed by atoms with Gasteiger partial charge < -0.3 is 23.7 Å². The lowest BCUT2D eigenvalue weighted by Crippen LogP contribution is -2.03. The summed E-state index contributed by atoms with van der Waals surface area (Å²) in [6.07, 6.45) is 2.87. The van der Waals surface area contributed by atoms with E-state index in [-0.39, 0.29) is 6.61 Å². The quantitative estimate of drug-likeness (QED) is 0.509. The molecule has 0 heterocycles. The van der Waals surface area contributed by atoms with E-state index >= 15 is 0 Å². The van der Waals surface area contributed by atoms with Gasteiger partial charge in [-0.3, -0.25) is 0 Å². The van der Waals surface area contributed by atoms with Crippen LogP contribution in [0.25, 0.3) is 6.08 Å². The molecule has 0 amide bonds. The van der Waals surface area contributed by atoms with E-state index in [0.717, 1.165) is 5.56 Å². The monoisotopic (exact) mass is 386 g/mol. The van der Waals surface area contributed by atoms with Gasteiger partial charge in [0.15, 0.2) is 11.5 Å².